The zero-order valence-electron chi connectivity index (χ0n) is 17.1. The largest absolute Gasteiger partial charge is 0.469 e. The number of nitrogens with zero attached hydrogens (tertiary/aromatic N) is 2. The van der Waals surface area contributed by atoms with Gasteiger partial charge in [0.15, 0.2) is 5.96 Å². The molecule has 1 aromatic rings. The molecule has 0 aromatic carbocycles. The molecule has 2 saturated heterocycles. The van der Waals surface area contributed by atoms with Crippen LogP contribution in [0.15, 0.2) is 27.8 Å². The lowest BCUT2D eigenvalue weighted by Gasteiger charge is -2.36. The van der Waals surface area contributed by atoms with Crippen LogP contribution in [-0.4, -0.2) is 61.8 Å². The number of aliphatic imine (C=N–C) groups is 1. The molecule has 0 spiro atoms. The van der Waals surface area contributed by atoms with E-state index in [4.69, 9.17) is 14.1 Å². The second-order valence-electron chi connectivity index (χ2n) is 8.47. The molecule has 2 aliphatic heterocycles. The third-order valence-corrected chi connectivity index (χ3v) is 6.43. The van der Waals surface area contributed by atoms with Gasteiger partial charge in [-0.1, -0.05) is 12.8 Å². The summed E-state index contributed by atoms with van der Waals surface area (Å²) in [6.45, 7) is 4.89. The van der Waals surface area contributed by atoms with Gasteiger partial charge in [-0.2, -0.15) is 0 Å². The first-order chi connectivity index (χ1) is 13.9. The summed E-state index contributed by atoms with van der Waals surface area (Å²) in [4.78, 5) is 7.56. The van der Waals surface area contributed by atoms with Crippen molar-refractivity contribution in [1.82, 2.24) is 15.5 Å². The molecule has 3 aliphatic rings. The fourth-order valence-electron chi connectivity index (χ4n) is 4.76. The van der Waals surface area contributed by atoms with E-state index in [0.717, 1.165) is 56.7 Å². The van der Waals surface area contributed by atoms with Crippen LogP contribution < -0.4 is 10.6 Å². The zero-order valence-corrected chi connectivity index (χ0v) is 17.1. The molecule has 4 rings (SSSR count). The Hall–Kier alpha value is -1.53. The summed E-state index contributed by atoms with van der Waals surface area (Å²) in [5.41, 5.74) is 0. The van der Waals surface area contributed by atoms with E-state index in [1.54, 1.807) is 6.26 Å². The fourth-order valence-corrected chi connectivity index (χ4v) is 4.76. The van der Waals surface area contributed by atoms with Gasteiger partial charge >= 0.3 is 0 Å². The maximum absolute atomic E-state index is 5.74. The number of ether oxygens (including phenoxy) is 1. The van der Waals surface area contributed by atoms with Crippen LogP contribution in [-0.2, 0) is 11.2 Å². The van der Waals surface area contributed by atoms with Crippen molar-refractivity contribution in [2.45, 2.75) is 76.0 Å². The van der Waals surface area contributed by atoms with E-state index in [1.807, 2.05) is 12.1 Å². The lowest BCUT2D eigenvalue weighted by Crippen LogP contribution is -2.50. The monoisotopic (exact) mass is 388 g/mol. The van der Waals surface area contributed by atoms with Crippen molar-refractivity contribution < 1.29 is 9.15 Å². The van der Waals surface area contributed by atoms with Gasteiger partial charge in [0.2, 0.25) is 0 Å². The average Bonchev–Trinajstić information content (AvgIpc) is 3.50. The quantitative estimate of drug-likeness (QED) is 0.555. The van der Waals surface area contributed by atoms with E-state index in [-0.39, 0.29) is 6.10 Å². The maximum Gasteiger partial charge on any atom is 0.191 e. The molecule has 1 aromatic heterocycles. The Bertz CT molecular complexity index is 584. The predicted octanol–water partition coefficient (Wildman–Crippen LogP) is 2.94. The lowest BCUT2D eigenvalue weighted by atomic mass is 10.0. The van der Waals surface area contributed by atoms with Crippen LogP contribution in [0.25, 0.3) is 0 Å². The summed E-state index contributed by atoms with van der Waals surface area (Å²) in [6.07, 6.45) is 13.2. The highest BCUT2D eigenvalue weighted by atomic mass is 16.5. The van der Waals surface area contributed by atoms with Gasteiger partial charge in [-0.3, -0.25) is 4.99 Å². The van der Waals surface area contributed by atoms with E-state index < -0.39 is 0 Å². The van der Waals surface area contributed by atoms with Crippen LogP contribution in [0.3, 0.4) is 0 Å². The van der Waals surface area contributed by atoms with Crippen LogP contribution in [0.5, 0.6) is 0 Å². The molecule has 1 aliphatic carbocycles. The Labute approximate surface area is 169 Å². The van der Waals surface area contributed by atoms with E-state index in [0.29, 0.717) is 6.04 Å². The molecule has 0 amide bonds. The van der Waals surface area contributed by atoms with Gasteiger partial charge in [-0.05, 0) is 50.7 Å². The van der Waals surface area contributed by atoms with Gasteiger partial charge < -0.3 is 24.7 Å². The van der Waals surface area contributed by atoms with E-state index in [1.165, 1.54) is 51.6 Å². The van der Waals surface area contributed by atoms with Crippen molar-refractivity contribution in [3.05, 3.63) is 24.2 Å². The van der Waals surface area contributed by atoms with Crippen LogP contribution in [0, 0.1) is 0 Å². The number of furan rings is 1. The molecule has 6 nitrogen and oxygen atoms in total. The van der Waals surface area contributed by atoms with Crippen LogP contribution in [0.1, 0.15) is 57.1 Å². The average molecular weight is 389 g/mol. The molecule has 0 radical (unpaired) electrons. The highest BCUT2D eigenvalue weighted by molar-refractivity contribution is 5.80. The van der Waals surface area contributed by atoms with Gasteiger partial charge in [0, 0.05) is 44.7 Å². The fraction of sp³-hybridized carbons (Fsp3) is 0.773. The Morgan fingerprint density at radius 1 is 1.11 bits per heavy atom. The Morgan fingerprint density at radius 2 is 1.96 bits per heavy atom. The summed E-state index contributed by atoms with van der Waals surface area (Å²) >= 11 is 0. The highest BCUT2D eigenvalue weighted by Gasteiger charge is 2.27. The minimum atomic E-state index is 0.285. The molecule has 28 heavy (non-hydrogen) atoms. The highest BCUT2D eigenvalue weighted by Crippen LogP contribution is 2.26. The number of hydrogen-bond donors (Lipinski definition) is 2. The number of rotatable bonds is 7. The summed E-state index contributed by atoms with van der Waals surface area (Å²) in [5.74, 6) is 1.94. The normalized spacial score (nSPS) is 25.4. The number of likely N-dealkylation sites (tertiary alicyclic amines) is 1. The first-order valence-electron chi connectivity index (χ1n) is 11.3. The summed E-state index contributed by atoms with van der Waals surface area (Å²) < 4.78 is 11.2. The van der Waals surface area contributed by atoms with Crippen molar-refractivity contribution in [3.63, 3.8) is 0 Å². The second kappa shape index (κ2) is 10.3. The summed E-state index contributed by atoms with van der Waals surface area (Å²) in [6, 6.07) is 5.33. The topological polar surface area (TPSA) is 62.0 Å². The molecule has 1 saturated carbocycles. The van der Waals surface area contributed by atoms with E-state index in [9.17, 15) is 0 Å². The molecule has 1 atom stereocenters. The third kappa shape index (κ3) is 5.74. The smallest absolute Gasteiger partial charge is 0.191 e. The maximum atomic E-state index is 5.74. The van der Waals surface area contributed by atoms with Gasteiger partial charge in [0.25, 0.3) is 0 Å². The molecule has 2 N–H and O–H groups in total. The molecular weight excluding hydrogens is 352 g/mol. The SMILES string of the molecule is c1coc(CCNC(=NCC2CCCO2)NC2CCN(C3CCCC3)CC2)c1. The van der Waals surface area contributed by atoms with Crippen molar-refractivity contribution in [2.75, 3.05) is 32.8 Å². The molecule has 156 valence electrons. The molecule has 0 bridgehead atoms. The van der Waals surface area contributed by atoms with Crippen molar-refractivity contribution in [2.24, 2.45) is 4.99 Å². The summed E-state index contributed by atoms with van der Waals surface area (Å²) in [7, 11) is 0. The minimum absolute atomic E-state index is 0.285. The van der Waals surface area contributed by atoms with Crippen LogP contribution in [0.4, 0.5) is 0 Å². The number of nitrogens with one attached hydrogen (secondary N) is 2. The number of hydrogen-bond acceptors (Lipinski definition) is 4. The van der Waals surface area contributed by atoms with Gasteiger partial charge in [0.1, 0.15) is 5.76 Å². The van der Waals surface area contributed by atoms with Gasteiger partial charge in [-0.15, -0.1) is 0 Å². The zero-order chi connectivity index (χ0) is 19.0. The lowest BCUT2D eigenvalue weighted by molar-refractivity contribution is 0.117. The molecule has 6 heteroatoms. The van der Waals surface area contributed by atoms with Gasteiger partial charge in [0.05, 0.1) is 18.9 Å². The first-order valence-corrected chi connectivity index (χ1v) is 11.3. The number of guanidine groups is 1. The van der Waals surface area contributed by atoms with Gasteiger partial charge in [-0.25, -0.2) is 0 Å². The van der Waals surface area contributed by atoms with Crippen LogP contribution >= 0.6 is 0 Å². The first kappa shape index (κ1) is 19.8. The number of piperidine rings is 1. The molecule has 1 unspecified atom stereocenters. The summed E-state index contributed by atoms with van der Waals surface area (Å²) in [5, 5.41) is 7.20. The third-order valence-electron chi connectivity index (χ3n) is 6.43. The molecular formula is C22H36N4O2. The second-order valence-corrected chi connectivity index (χ2v) is 8.47. The van der Waals surface area contributed by atoms with Crippen molar-refractivity contribution in [1.29, 1.82) is 0 Å². The van der Waals surface area contributed by atoms with Crippen molar-refractivity contribution in [3.8, 4) is 0 Å². The minimum Gasteiger partial charge on any atom is -0.469 e. The molecule has 3 heterocycles. The predicted molar refractivity (Wildman–Crippen MR) is 112 cm³/mol. The van der Waals surface area contributed by atoms with Crippen LogP contribution in [0.2, 0.25) is 0 Å². The van der Waals surface area contributed by atoms with Crippen molar-refractivity contribution >= 4 is 5.96 Å². The van der Waals surface area contributed by atoms with E-state index >= 15 is 0 Å². The Kier molecular flexibility index (Phi) is 7.28. The Morgan fingerprint density at radius 3 is 2.68 bits per heavy atom. The van der Waals surface area contributed by atoms with E-state index in [2.05, 4.69) is 15.5 Å². The molecule has 3 fully saturated rings. The Balaban J connectivity index is 1.26. The standard InChI is InChI=1S/C22H36N4O2/c1-2-6-19(5-1)26-13-10-18(11-14-26)25-22(24-17-21-8-4-16-28-21)23-12-9-20-7-3-15-27-20/h3,7,15,18-19,21H,1-2,4-6,8-14,16-17H2,(H2,23,24,25).